The number of nitriles is 1. The van der Waals surface area contributed by atoms with Gasteiger partial charge in [0.15, 0.2) is 0 Å². The quantitative estimate of drug-likeness (QED) is 0.796. The normalized spacial score (nSPS) is 16.1. The summed E-state index contributed by atoms with van der Waals surface area (Å²) in [5.41, 5.74) is 0.969. The molecule has 1 aliphatic rings. The summed E-state index contributed by atoms with van der Waals surface area (Å²) >= 11 is 0. The van der Waals surface area contributed by atoms with Crippen molar-refractivity contribution in [3.63, 3.8) is 0 Å². The lowest BCUT2D eigenvalue weighted by Crippen LogP contribution is -2.37. The molecule has 2 heterocycles. The number of aromatic nitrogens is 2. The van der Waals surface area contributed by atoms with Crippen molar-refractivity contribution < 1.29 is 5.11 Å². The second kappa shape index (κ2) is 8.02. The minimum Gasteiger partial charge on any atom is -0.372 e. The first-order chi connectivity index (χ1) is 12.5. The van der Waals surface area contributed by atoms with Gasteiger partial charge in [-0.15, -0.1) is 0 Å². The summed E-state index contributed by atoms with van der Waals surface area (Å²) in [5, 5.41) is 26.4. The third kappa shape index (κ3) is 4.41. The summed E-state index contributed by atoms with van der Waals surface area (Å²) in [6, 6.07) is 12.0. The Kier molecular flexibility index (Phi) is 5.54. The largest absolute Gasteiger partial charge is 0.372 e. The van der Waals surface area contributed by atoms with Gasteiger partial charge in [0.05, 0.1) is 18.2 Å². The summed E-state index contributed by atoms with van der Waals surface area (Å²) < 4.78 is 1.29. The van der Waals surface area contributed by atoms with Crippen LogP contribution in [0.5, 0.6) is 0 Å². The molecule has 1 aromatic carbocycles. The highest BCUT2D eigenvalue weighted by atomic mass is 16.3. The standard InChI is InChI=1S/C19H23N5O2/c1-14-8-10-23(11-9-14)17-6-7-19(26)24(22-17)13-18(25)21-16-4-2-15(12-20)3-5-16/h2-7,14,18,21,25H,8-11,13H2,1H3. The van der Waals surface area contributed by atoms with Crippen molar-refractivity contribution in [3.05, 3.63) is 52.3 Å². The zero-order valence-electron chi connectivity index (χ0n) is 14.8. The molecule has 0 spiro atoms. The number of aliphatic hydroxyl groups excluding tert-OH is 1. The summed E-state index contributed by atoms with van der Waals surface area (Å²) in [7, 11) is 0. The van der Waals surface area contributed by atoms with Gasteiger partial charge in [0.1, 0.15) is 12.0 Å². The zero-order valence-corrected chi connectivity index (χ0v) is 14.8. The number of anilines is 2. The maximum absolute atomic E-state index is 12.1. The molecule has 1 fully saturated rings. The van der Waals surface area contributed by atoms with Crippen LogP contribution in [-0.4, -0.2) is 34.2 Å². The maximum Gasteiger partial charge on any atom is 0.267 e. The molecule has 26 heavy (non-hydrogen) atoms. The van der Waals surface area contributed by atoms with Crippen molar-refractivity contribution in [1.82, 2.24) is 9.78 Å². The second-order valence-corrected chi connectivity index (χ2v) is 6.73. The van der Waals surface area contributed by atoms with Gasteiger partial charge in [-0.3, -0.25) is 4.79 Å². The summed E-state index contributed by atoms with van der Waals surface area (Å²) in [4.78, 5) is 14.3. The Labute approximate surface area is 152 Å². The number of rotatable bonds is 5. The van der Waals surface area contributed by atoms with Crippen molar-refractivity contribution in [2.24, 2.45) is 5.92 Å². The first-order valence-electron chi connectivity index (χ1n) is 8.83. The van der Waals surface area contributed by atoms with E-state index >= 15 is 0 Å². The Morgan fingerprint density at radius 3 is 2.62 bits per heavy atom. The fourth-order valence-electron chi connectivity index (χ4n) is 3.02. The van der Waals surface area contributed by atoms with Crippen molar-refractivity contribution in [2.75, 3.05) is 23.3 Å². The van der Waals surface area contributed by atoms with E-state index in [-0.39, 0.29) is 12.1 Å². The van der Waals surface area contributed by atoms with E-state index in [2.05, 4.69) is 22.2 Å². The molecular formula is C19H23N5O2. The van der Waals surface area contributed by atoms with E-state index in [1.807, 2.05) is 6.07 Å². The zero-order chi connectivity index (χ0) is 18.5. The van der Waals surface area contributed by atoms with Gasteiger partial charge in [0, 0.05) is 24.8 Å². The van der Waals surface area contributed by atoms with E-state index in [0.717, 1.165) is 37.7 Å². The van der Waals surface area contributed by atoms with E-state index in [1.165, 1.54) is 10.7 Å². The van der Waals surface area contributed by atoms with Crippen LogP contribution >= 0.6 is 0 Å². The number of nitrogens with one attached hydrogen (secondary N) is 1. The Morgan fingerprint density at radius 2 is 1.96 bits per heavy atom. The molecule has 0 saturated carbocycles. The van der Waals surface area contributed by atoms with Gasteiger partial charge in [0.2, 0.25) is 0 Å². The van der Waals surface area contributed by atoms with Gasteiger partial charge in [-0.1, -0.05) is 6.92 Å². The van der Waals surface area contributed by atoms with E-state index in [9.17, 15) is 9.90 Å². The molecule has 0 bridgehead atoms. The molecule has 3 rings (SSSR count). The number of hydrogen-bond donors (Lipinski definition) is 2. The van der Waals surface area contributed by atoms with Crippen LogP contribution in [0.3, 0.4) is 0 Å². The topological polar surface area (TPSA) is 94.2 Å². The van der Waals surface area contributed by atoms with E-state index in [4.69, 9.17) is 5.26 Å². The molecule has 1 aromatic heterocycles. The van der Waals surface area contributed by atoms with Crippen LogP contribution in [0.1, 0.15) is 25.3 Å². The Morgan fingerprint density at radius 1 is 1.27 bits per heavy atom. The van der Waals surface area contributed by atoms with Gasteiger partial charge < -0.3 is 15.3 Å². The van der Waals surface area contributed by atoms with Crippen molar-refractivity contribution >= 4 is 11.5 Å². The molecule has 0 amide bonds. The van der Waals surface area contributed by atoms with Gasteiger partial charge in [-0.2, -0.15) is 10.4 Å². The van der Waals surface area contributed by atoms with Gasteiger partial charge in [0.25, 0.3) is 5.56 Å². The maximum atomic E-state index is 12.1. The molecular weight excluding hydrogens is 330 g/mol. The molecule has 136 valence electrons. The smallest absolute Gasteiger partial charge is 0.267 e. The average Bonchev–Trinajstić information content (AvgIpc) is 2.65. The van der Waals surface area contributed by atoms with E-state index < -0.39 is 6.23 Å². The first-order valence-corrected chi connectivity index (χ1v) is 8.83. The predicted octanol–water partition coefficient (Wildman–Crippen LogP) is 1.78. The van der Waals surface area contributed by atoms with Crippen LogP contribution in [0.4, 0.5) is 11.5 Å². The van der Waals surface area contributed by atoms with E-state index in [1.54, 1.807) is 30.3 Å². The van der Waals surface area contributed by atoms with Crippen LogP contribution in [0.15, 0.2) is 41.2 Å². The minimum absolute atomic E-state index is 0.0386. The lowest BCUT2D eigenvalue weighted by Gasteiger charge is -2.31. The molecule has 7 heteroatoms. The molecule has 2 aromatic rings. The number of aliphatic hydroxyl groups is 1. The SMILES string of the molecule is CC1CCN(c2ccc(=O)n(CC(O)Nc3ccc(C#N)cc3)n2)CC1. The third-order valence-corrected chi connectivity index (χ3v) is 4.65. The van der Waals surface area contributed by atoms with E-state index in [0.29, 0.717) is 11.3 Å². The van der Waals surface area contributed by atoms with Gasteiger partial charge in [-0.05, 0) is 49.1 Å². The third-order valence-electron chi connectivity index (χ3n) is 4.65. The number of piperidine rings is 1. The number of benzene rings is 1. The molecule has 1 unspecified atom stereocenters. The molecule has 1 aliphatic heterocycles. The Balaban J connectivity index is 1.67. The fraction of sp³-hybridized carbons (Fsp3) is 0.421. The van der Waals surface area contributed by atoms with Crippen molar-refractivity contribution in [3.8, 4) is 6.07 Å². The molecule has 1 atom stereocenters. The number of hydrogen-bond acceptors (Lipinski definition) is 6. The fourth-order valence-corrected chi connectivity index (χ4v) is 3.02. The molecule has 7 nitrogen and oxygen atoms in total. The minimum atomic E-state index is -0.968. The summed E-state index contributed by atoms with van der Waals surface area (Å²) in [5.74, 6) is 1.48. The summed E-state index contributed by atoms with van der Waals surface area (Å²) in [6.07, 6.45) is 1.26. The molecule has 0 radical (unpaired) electrons. The molecule has 0 aliphatic carbocycles. The average molecular weight is 353 g/mol. The number of nitrogens with zero attached hydrogens (tertiary/aromatic N) is 4. The Hall–Kier alpha value is -2.85. The molecule has 2 N–H and O–H groups in total. The Bertz CT molecular complexity index is 832. The van der Waals surface area contributed by atoms with Crippen LogP contribution in [0, 0.1) is 17.2 Å². The second-order valence-electron chi connectivity index (χ2n) is 6.73. The highest BCUT2D eigenvalue weighted by molar-refractivity contribution is 5.47. The van der Waals surface area contributed by atoms with Crippen LogP contribution in [0.2, 0.25) is 0 Å². The van der Waals surface area contributed by atoms with Gasteiger partial charge >= 0.3 is 0 Å². The molecule has 1 saturated heterocycles. The first kappa shape index (κ1) is 18.0. The van der Waals surface area contributed by atoms with Crippen molar-refractivity contribution in [1.29, 1.82) is 5.26 Å². The van der Waals surface area contributed by atoms with Crippen LogP contribution < -0.4 is 15.8 Å². The lowest BCUT2D eigenvalue weighted by molar-refractivity contribution is 0.174. The predicted molar refractivity (Wildman–Crippen MR) is 99.9 cm³/mol. The summed E-state index contributed by atoms with van der Waals surface area (Å²) in [6.45, 7) is 4.14. The monoisotopic (exact) mass is 353 g/mol. The highest BCUT2D eigenvalue weighted by Gasteiger charge is 2.18. The van der Waals surface area contributed by atoms with Crippen LogP contribution in [-0.2, 0) is 6.54 Å². The van der Waals surface area contributed by atoms with Gasteiger partial charge in [-0.25, -0.2) is 4.68 Å². The highest BCUT2D eigenvalue weighted by Crippen LogP contribution is 2.20. The lowest BCUT2D eigenvalue weighted by atomic mass is 9.99. The van der Waals surface area contributed by atoms with Crippen molar-refractivity contribution in [2.45, 2.75) is 32.5 Å². The van der Waals surface area contributed by atoms with Crippen LogP contribution in [0.25, 0.3) is 0 Å².